The predicted molar refractivity (Wildman–Crippen MR) is 85.2 cm³/mol. The van der Waals surface area contributed by atoms with Gasteiger partial charge in [-0.25, -0.2) is 9.78 Å². The summed E-state index contributed by atoms with van der Waals surface area (Å²) in [5.74, 6) is -0.374. The monoisotopic (exact) mass is 311 g/mol. The van der Waals surface area contributed by atoms with Gasteiger partial charge in [0.05, 0.1) is 30.1 Å². The quantitative estimate of drug-likeness (QED) is 0.559. The third kappa shape index (κ3) is 2.94. The van der Waals surface area contributed by atoms with E-state index in [1.165, 1.54) is 0 Å². The van der Waals surface area contributed by atoms with Gasteiger partial charge in [-0.1, -0.05) is 30.3 Å². The zero-order valence-corrected chi connectivity index (χ0v) is 12.7. The van der Waals surface area contributed by atoms with Crippen molar-refractivity contribution in [1.82, 2.24) is 14.9 Å². The summed E-state index contributed by atoms with van der Waals surface area (Å²) in [5, 5.41) is 9.12. The van der Waals surface area contributed by atoms with Crippen molar-refractivity contribution in [1.29, 1.82) is 0 Å². The van der Waals surface area contributed by atoms with Crippen LogP contribution in [0.15, 0.2) is 48.7 Å². The molecule has 0 amide bonds. The van der Waals surface area contributed by atoms with Gasteiger partial charge in [-0.05, 0) is 19.1 Å². The number of hydroxylamine groups is 1. The van der Waals surface area contributed by atoms with Gasteiger partial charge in [-0.2, -0.15) is 5.48 Å². The van der Waals surface area contributed by atoms with Crippen LogP contribution in [0, 0.1) is 0 Å². The number of esters is 1. The molecule has 2 heterocycles. The van der Waals surface area contributed by atoms with Crippen LogP contribution in [0.3, 0.4) is 0 Å². The number of nitrogens with zero attached hydrogens (tertiary/aromatic N) is 2. The van der Waals surface area contributed by atoms with Crippen molar-refractivity contribution in [3.63, 3.8) is 0 Å². The van der Waals surface area contributed by atoms with E-state index >= 15 is 0 Å². The highest BCUT2D eigenvalue weighted by Gasteiger charge is 2.15. The van der Waals surface area contributed by atoms with E-state index in [1.54, 1.807) is 25.3 Å². The lowest BCUT2D eigenvalue weighted by Gasteiger charge is -2.05. The molecule has 6 nitrogen and oxygen atoms in total. The first-order valence-electron chi connectivity index (χ1n) is 7.35. The summed E-state index contributed by atoms with van der Waals surface area (Å²) in [6, 6.07) is 13.1. The summed E-state index contributed by atoms with van der Waals surface area (Å²) in [7, 11) is 0. The van der Waals surface area contributed by atoms with E-state index in [2.05, 4.69) is 10.5 Å². The van der Waals surface area contributed by atoms with Crippen molar-refractivity contribution >= 4 is 11.6 Å². The number of fused-ring (bicyclic) bond motifs is 1. The van der Waals surface area contributed by atoms with Gasteiger partial charge < -0.3 is 14.3 Å². The summed E-state index contributed by atoms with van der Waals surface area (Å²) in [6.45, 7) is 2.34. The van der Waals surface area contributed by atoms with Gasteiger partial charge >= 0.3 is 5.97 Å². The molecule has 0 radical (unpaired) electrons. The van der Waals surface area contributed by atoms with Gasteiger partial charge in [0.1, 0.15) is 5.65 Å². The second-order valence-electron chi connectivity index (χ2n) is 4.97. The third-order valence-corrected chi connectivity index (χ3v) is 3.53. The number of imidazole rings is 1. The molecule has 3 aromatic rings. The summed E-state index contributed by atoms with van der Waals surface area (Å²) < 4.78 is 6.86. The topological polar surface area (TPSA) is 75.9 Å². The first kappa shape index (κ1) is 15.2. The Morgan fingerprint density at radius 2 is 2.09 bits per heavy atom. The second-order valence-corrected chi connectivity index (χ2v) is 4.97. The standard InChI is InChI=1S/C17H17N3O3/c1-2-23-17(21)13-8-9-20-14(11-18-22)16(19-15(20)10-13)12-6-4-3-5-7-12/h3-10,18,22H,2,11H2,1H3. The molecule has 1 aromatic carbocycles. The molecular formula is C17H17N3O3. The number of rotatable bonds is 5. The molecule has 2 aromatic heterocycles. The molecule has 3 rings (SSSR count). The molecule has 0 saturated heterocycles. The summed E-state index contributed by atoms with van der Waals surface area (Å²) >= 11 is 0. The highest BCUT2D eigenvalue weighted by Crippen LogP contribution is 2.25. The van der Waals surface area contributed by atoms with Crippen molar-refractivity contribution < 1.29 is 14.7 Å². The van der Waals surface area contributed by atoms with Gasteiger partial charge in [-0.3, -0.25) is 0 Å². The number of ether oxygens (including phenoxy) is 1. The van der Waals surface area contributed by atoms with E-state index in [9.17, 15) is 4.79 Å². The largest absolute Gasteiger partial charge is 0.462 e. The van der Waals surface area contributed by atoms with Crippen LogP contribution < -0.4 is 5.48 Å². The molecule has 0 fully saturated rings. The van der Waals surface area contributed by atoms with Gasteiger partial charge in [0.15, 0.2) is 0 Å². The first-order valence-corrected chi connectivity index (χ1v) is 7.35. The number of hydrogen-bond acceptors (Lipinski definition) is 5. The van der Waals surface area contributed by atoms with Crippen molar-refractivity contribution in [3.8, 4) is 11.3 Å². The molecule has 0 atom stereocenters. The van der Waals surface area contributed by atoms with Crippen LogP contribution >= 0.6 is 0 Å². The normalized spacial score (nSPS) is 10.9. The fourth-order valence-electron chi connectivity index (χ4n) is 2.51. The summed E-state index contributed by atoms with van der Waals surface area (Å²) in [6.07, 6.45) is 1.76. The van der Waals surface area contributed by atoms with Crippen LogP contribution in [0.5, 0.6) is 0 Å². The fourth-order valence-corrected chi connectivity index (χ4v) is 2.51. The number of carbonyl (C=O) groups is 1. The van der Waals surface area contributed by atoms with Crippen LogP contribution in [-0.4, -0.2) is 27.2 Å². The van der Waals surface area contributed by atoms with E-state index in [4.69, 9.17) is 9.94 Å². The number of hydrogen-bond donors (Lipinski definition) is 2. The Labute approximate surface area is 133 Å². The Morgan fingerprint density at radius 3 is 2.78 bits per heavy atom. The van der Waals surface area contributed by atoms with Crippen LogP contribution in [0.25, 0.3) is 16.9 Å². The maximum atomic E-state index is 11.9. The third-order valence-electron chi connectivity index (χ3n) is 3.53. The zero-order chi connectivity index (χ0) is 16.2. The first-order chi connectivity index (χ1) is 11.2. The lowest BCUT2D eigenvalue weighted by molar-refractivity contribution is 0.0526. The molecule has 118 valence electrons. The average molecular weight is 311 g/mol. The number of carbonyl (C=O) groups excluding carboxylic acids is 1. The molecule has 0 bridgehead atoms. The molecule has 0 saturated carbocycles. The zero-order valence-electron chi connectivity index (χ0n) is 12.7. The van der Waals surface area contributed by atoms with E-state index in [0.29, 0.717) is 17.8 Å². The average Bonchev–Trinajstić information content (AvgIpc) is 2.94. The van der Waals surface area contributed by atoms with Gasteiger partial charge in [0.25, 0.3) is 0 Å². The fraction of sp³-hybridized carbons (Fsp3) is 0.176. The molecule has 6 heteroatoms. The lowest BCUT2D eigenvalue weighted by Crippen LogP contribution is -2.10. The number of benzene rings is 1. The van der Waals surface area contributed by atoms with Gasteiger partial charge in [-0.15, -0.1) is 0 Å². The molecule has 0 unspecified atom stereocenters. The Hall–Kier alpha value is -2.70. The van der Waals surface area contributed by atoms with Crippen LogP contribution in [0.2, 0.25) is 0 Å². The van der Waals surface area contributed by atoms with Gasteiger partial charge in [0.2, 0.25) is 0 Å². The molecule has 23 heavy (non-hydrogen) atoms. The smallest absolute Gasteiger partial charge is 0.338 e. The summed E-state index contributed by atoms with van der Waals surface area (Å²) in [5.41, 5.74) is 5.76. The maximum absolute atomic E-state index is 11.9. The molecule has 2 N–H and O–H groups in total. The van der Waals surface area contributed by atoms with Crippen molar-refractivity contribution in [2.24, 2.45) is 0 Å². The second kappa shape index (κ2) is 6.60. The minimum absolute atomic E-state index is 0.240. The number of pyridine rings is 1. The Kier molecular flexibility index (Phi) is 4.36. The van der Waals surface area contributed by atoms with E-state index in [1.807, 2.05) is 34.7 Å². The number of aromatic nitrogens is 2. The highest BCUT2D eigenvalue weighted by atomic mass is 16.5. The van der Waals surface area contributed by atoms with Gasteiger partial charge in [0, 0.05) is 11.8 Å². The van der Waals surface area contributed by atoms with Crippen LogP contribution in [0.1, 0.15) is 23.0 Å². The van der Waals surface area contributed by atoms with Crippen molar-refractivity contribution in [2.75, 3.05) is 6.61 Å². The maximum Gasteiger partial charge on any atom is 0.338 e. The van der Waals surface area contributed by atoms with Crippen molar-refractivity contribution in [3.05, 3.63) is 59.9 Å². The van der Waals surface area contributed by atoms with Crippen molar-refractivity contribution in [2.45, 2.75) is 13.5 Å². The molecule has 0 aliphatic heterocycles. The van der Waals surface area contributed by atoms with E-state index < -0.39 is 0 Å². The molecule has 0 spiro atoms. The Bertz CT molecular complexity index is 828. The molecular weight excluding hydrogens is 294 g/mol. The predicted octanol–water partition coefficient (Wildman–Crippen LogP) is 2.66. The Morgan fingerprint density at radius 1 is 1.30 bits per heavy atom. The SMILES string of the molecule is CCOC(=O)c1ccn2c(CNO)c(-c3ccccc3)nc2c1. The van der Waals surface area contributed by atoms with E-state index in [0.717, 1.165) is 17.0 Å². The van der Waals surface area contributed by atoms with E-state index in [-0.39, 0.29) is 12.5 Å². The number of nitrogens with one attached hydrogen (secondary N) is 1. The lowest BCUT2D eigenvalue weighted by atomic mass is 10.1. The van der Waals surface area contributed by atoms with Crippen LogP contribution in [-0.2, 0) is 11.3 Å². The molecule has 0 aliphatic rings. The summed E-state index contributed by atoms with van der Waals surface area (Å²) in [4.78, 5) is 16.5. The molecule has 0 aliphatic carbocycles. The minimum Gasteiger partial charge on any atom is -0.462 e. The minimum atomic E-state index is -0.374. The Balaban J connectivity index is 2.13. The van der Waals surface area contributed by atoms with Crippen LogP contribution in [0.4, 0.5) is 0 Å². The highest BCUT2D eigenvalue weighted by molar-refractivity contribution is 5.90.